The summed E-state index contributed by atoms with van der Waals surface area (Å²) in [5, 5.41) is 7.51. The van der Waals surface area contributed by atoms with Crippen LogP contribution in [-0.4, -0.2) is 50.8 Å². The van der Waals surface area contributed by atoms with Crippen molar-refractivity contribution in [1.29, 1.82) is 0 Å². The average Bonchev–Trinajstić information content (AvgIpc) is 3.09. The minimum absolute atomic E-state index is 0.692. The molecule has 1 N–H and O–H groups in total. The third-order valence-corrected chi connectivity index (χ3v) is 4.09. The minimum atomic E-state index is 0.692. The van der Waals surface area contributed by atoms with E-state index in [9.17, 15) is 0 Å². The van der Waals surface area contributed by atoms with Gasteiger partial charge in [0, 0.05) is 37.6 Å². The van der Waals surface area contributed by atoms with Gasteiger partial charge in [-0.3, -0.25) is 4.68 Å². The fraction of sp³-hybridized carbons (Fsp3) is 0.533. The number of rotatable bonds is 5. The van der Waals surface area contributed by atoms with Crippen molar-refractivity contribution in [3.05, 3.63) is 24.7 Å². The molecule has 112 valence electrons. The van der Waals surface area contributed by atoms with Gasteiger partial charge in [-0.15, -0.1) is 0 Å². The lowest BCUT2D eigenvalue weighted by Crippen LogP contribution is -2.27. The first-order chi connectivity index (χ1) is 10.2. The normalized spacial score (nSPS) is 19.0. The minimum Gasteiger partial charge on any atom is -0.354 e. The zero-order chi connectivity index (χ0) is 14.7. The van der Waals surface area contributed by atoms with Crippen LogP contribution < -0.4 is 5.32 Å². The van der Waals surface area contributed by atoms with Crippen molar-refractivity contribution in [3.63, 3.8) is 0 Å². The monoisotopic (exact) mass is 286 g/mol. The number of hydrogen-bond donors (Lipinski definition) is 1. The molecule has 2 aromatic rings. The first-order valence-corrected chi connectivity index (χ1v) is 7.48. The van der Waals surface area contributed by atoms with E-state index in [0.29, 0.717) is 12.0 Å². The van der Waals surface area contributed by atoms with Crippen LogP contribution in [0.3, 0.4) is 0 Å². The molecule has 0 bridgehead atoms. The van der Waals surface area contributed by atoms with Gasteiger partial charge in [-0.2, -0.15) is 5.10 Å². The van der Waals surface area contributed by atoms with Gasteiger partial charge in [-0.1, -0.05) is 0 Å². The van der Waals surface area contributed by atoms with Crippen LogP contribution >= 0.6 is 0 Å². The lowest BCUT2D eigenvalue weighted by molar-refractivity contribution is 0.301. The lowest BCUT2D eigenvalue weighted by atomic mass is 10.1. The second kappa shape index (κ2) is 6.22. The van der Waals surface area contributed by atoms with Gasteiger partial charge in [0.15, 0.2) is 0 Å². The topological polar surface area (TPSA) is 58.9 Å². The molecule has 21 heavy (non-hydrogen) atoms. The molecule has 0 radical (unpaired) electrons. The van der Waals surface area contributed by atoms with Gasteiger partial charge in [0.2, 0.25) is 5.95 Å². The number of aryl methyl sites for hydroxylation is 1. The molecule has 1 aliphatic rings. The summed E-state index contributed by atoms with van der Waals surface area (Å²) in [7, 11) is 4.11. The third kappa shape index (κ3) is 3.39. The van der Waals surface area contributed by atoms with E-state index in [2.05, 4.69) is 32.3 Å². The van der Waals surface area contributed by atoms with Crippen molar-refractivity contribution in [2.45, 2.75) is 25.3 Å². The van der Waals surface area contributed by atoms with Crippen molar-refractivity contribution in [1.82, 2.24) is 24.6 Å². The van der Waals surface area contributed by atoms with E-state index in [1.807, 2.05) is 25.5 Å². The molecule has 1 atom stereocenters. The fourth-order valence-electron chi connectivity index (χ4n) is 2.85. The molecular weight excluding hydrogens is 264 g/mol. The van der Waals surface area contributed by atoms with Crippen LogP contribution in [0.2, 0.25) is 0 Å². The molecule has 0 unspecified atom stereocenters. The predicted octanol–water partition coefficient (Wildman–Crippen LogP) is 1.77. The Morgan fingerprint density at radius 1 is 1.38 bits per heavy atom. The first kappa shape index (κ1) is 14.0. The van der Waals surface area contributed by atoms with E-state index >= 15 is 0 Å². The molecule has 3 heterocycles. The van der Waals surface area contributed by atoms with Crippen molar-refractivity contribution in [3.8, 4) is 11.3 Å². The quantitative estimate of drug-likeness (QED) is 0.908. The summed E-state index contributed by atoms with van der Waals surface area (Å²) in [5.41, 5.74) is 1.91. The van der Waals surface area contributed by atoms with E-state index in [4.69, 9.17) is 0 Å². The van der Waals surface area contributed by atoms with E-state index in [1.54, 1.807) is 10.9 Å². The van der Waals surface area contributed by atoms with Crippen LogP contribution in [0.25, 0.3) is 11.3 Å². The average molecular weight is 286 g/mol. The second-order valence-corrected chi connectivity index (χ2v) is 5.66. The summed E-state index contributed by atoms with van der Waals surface area (Å²) < 4.78 is 1.78. The molecule has 0 aromatic carbocycles. The third-order valence-electron chi connectivity index (χ3n) is 4.09. The molecular formula is C15H22N6. The number of anilines is 1. The highest BCUT2D eigenvalue weighted by Gasteiger charge is 2.19. The van der Waals surface area contributed by atoms with E-state index in [0.717, 1.165) is 24.2 Å². The molecule has 0 amide bonds. The maximum absolute atomic E-state index is 4.55. The number of aromatic nitrogens is 4. The predicted molar refractivity (Wildman–Crippen MR) is 83.0 cm³/mol. The molecule has 6 heteroatoms. The fourth-order valence-corrected chi connectivity index (χ4v) is 2.85. The molecule has 6 nitrogen and oxygen atoms in total. The summed E-state index contributed by atoms with van der Waals surface area (Å²) in [5.74, 6) is 0.692. The number of nitrogens with one attached hydrogen (secondary N) is 1. The largest absolute Gasteiger partial charge is 0.354 e. The van der Waals surface area contributed by atoms with Crippen LogP contribution in [0.1, 0.15) is 19.3 Å². The van der Waals surface area contributed by atoms with Crippen LogP contribution in [0, 0.1) is 0 Å². The van der Waals surface area contributed by atoms with Crippen molar-refractivity contribution >= 4 is 5.95 Å². The molecule has 3 rings (SSSR count). The number of likely N-dealkylation sites (tertiary alicyclic amines) is 1. The van der Waals surface area contributed by atoms with Crippen LogP contribution in [0.4, 0.5) is 5.95 Å². The Morgan fingerprint density at radius 3 is 3.00 bits per heavy atom. The molecule has 2 aromatic heterocycles. The van der Waals surface area contributed by atoms with Gasteiger partial charge in [-0.05, 0) is 38.9 Å². The van der Waals surface area contributed by atoms with Gasteiger partial charge in [0.05, 0.1) is 11.9 Å². The van der Waals surface area contributed by atoms with Gasteiger partial charge in [0.25, 0.3) is 0 Å². The Kier molecular flexibility index (Phi) is 4.15. The van der Waals surface area contributed by atoms with Gasteiger partial charge in [-0.25, -0.2) is 9.97 Å². The molecule has 1 fully saturated rings. The SMILES string of the molecule is CN1CCC[C@H]1CCNc1nccc(-c2cnn(C)c2)n1. The highest BCUT2D eigenvalue weighted by Crippen LogP contribution is 2.18. The van der Waals surface area contributed by atoms with Gasteiger partial charge in [0.1, 0.15) is 0 Å². The Labute approximate surface area is 125 Å². The summed E-state index contributed by atoms with van der Waals surface area (Å²) >= 11 is 0. The molecule has 0 spiro atoms. The smallest absolute Gasteiger partial charge is 0.223 e. The zero-order valence-electron chi connectivity index (χ0n) is 12.7. The van der Waals surface area contributed by atoms with Crippen molar-refractivity contribution < 1.29 is 0 Å². The zero-order valence-corrected chi connectivity index (χ0v) is 12.7. The molecule has 0 aliphatic carbocycles. The Morgan fingerprint density at radius 2 is 2.29 bits per heavy atom. The van der Waals surface area contributed by atoms with Crippen LogP contribution in [0.5, 0.6) is 0 Å². The standard InChI is InChI=1S/C15H22N6/c1-20-9-3-4-13(20)5-7-16-15-17-8-6-14(19-15)12-10-18-21(2)11-12/h6,8,10-11,13H,3-5,7,9H2,1-2H3,(H,16,17,19)/t13-/m0/s1. The highest BCUT2D eigenvalue weighted by atomic mass is 15.2. The Bertz CT molecular complexity index is 593. The highest BCUT2D eigenvalue weighted by molar-refractivity contribution is 5.57. The summed E-state index contributed by atoms with van der Waals surface area (Å²) in [4.78, 5) is 11.3. The number of hydrogen-bond acceptors (Lipinski definition) is 5. The van der Waals surface area contributed by atoms with E-state index in [1.165, 1.54) is 19.4 Å². The number of nitrogens with zero attached hydrogens (tertiary/aromatic N) is 5. The second-order valence-electron chi connectivity index (χ2n) is 5.66. The van der Waals surface area contributed by atoms with E-state index < -0.39 is 0 Å². The molecule has 0 saturated carbocycles. The van der Waals surface area contributed by atoms with Gasteiger partial charge < -0.3 is 10.2 Å². The Hall–Kier alpha value is -1.95. The first-order valence-electron chi connectivity index (χ1n) is 7.48. The summed E-state index contributed by atoms with van der Waals surface area (Å²) in [6, 6.07) is 2.60. The molecule has 1 saturated heterocycles. The maximum Gasteiger partial charge on any atom is 0.223 e. The van der Waals surface area contributed by atoms with Crippen LogP contribution in [-0.2, 0) is 7.05 Å². The summed E-state index contributed by atoms with van der Waals surface area (Å²) in [6.45, 7) is 2.13. The Balaban J connectivity index is 1.58. The van der Waals surface area contributed by atoms with Crippen molar-refractivity contribution in [2.75, 3.05) is 25.5 Å². The van der Waals surface area contributed by atoms with Gasteiger partial charge >= 0.3 is 0 Å². The lowest BCUT2D eigenvalue weighted by Gasteiger charge is -2.19. The van der Waals surface area contributed by atoms with Crippen molar-refractivity contribution in [2.24, 2.45) is 7.05 Å². The van der Waals surface area contributed by atoms with E-state index in [-0.39, 0.29) is 0 Å². The van der Waals surface area contributed by atoms with Crippen LogP contribution in [0.15, 0.2) is 24.7 Å². The molecule has 1 aliphatic heterocycles. The maximum atomic E-state index is 4.55. The summed E-state index contributed by atoms with van der Waals surface area (Å²) in [6.07, 6.45) is 9.32.